The Balaban J connectivity index is 1.48. The predicted molar refractivity (Wildman–Crippen MR) is 121 cm³/mol. The first-order valence-electron chi connectivity index (χ1n) is 10.3. The summed E-state index contributed by atoms with van der Waals surface area (Å²) < 4.78 is 5.19. The number of benzene rings is 3. The fraction of sp³-hybridized carbons (Fsp3) is 0.200. The van der Waals surface area contributed by atoms with Crippen LogP contribution in [0.5, 0.6) is 5.75 Å². The Kier molecular flexibility index (Phi) is 6.17. The summed E-state index contributed by atoms with van der Waals surface area (Å²) in [6.45, 7) is 1.54. The van der Waals surface area contributed by atoms with Crippen LogP contribution in [0.1, 0.15) is 5.56 Å². The number of amides is 3. The first-order chi connectivity index (χ1) is 15.2. The first kappa shape index (κ1) is 20.5. The van der Waals surface area contributed by atoms with E-state index in [1.54, 1.807) is 21.8 Å². The van der Waals surface area contributed by atoms with Gasteiger partial charge in [0.1, 0.15) is 12.3 Å². The SMILES string of the molecule is COc1ccc(N2CCN(CC(=O)N(Cc3ccccc3)c3ccccc3)C2=O)cc1. The summed E-state index contributed by atoms with van der Waals surface area (Å²) in [5.74, 6) is 0.627. The summed E-state index contributed by atoms with van der Waals surface area (Å²) in [4.78, 5) is 31.3. The minimum Gasteiger partial charge on any atom is -0.497 e. The summed E-state index contributed by atoms with van der Waals surface area (Å²) in [5, 5.41) is 0. The lowest BCUT2D eigenvalue weighted by Crippen LogP contribution is -2.42. The molecule has 0 saturated carbocycles. The van der Waals surface area contributed by atoms with Crippen LogP contribution in [0.25, 0.3) is 0 Å². The Hall–Kier alpha value is -3.80. The minimum absolute atomic E-state index is 0.0349. The second-order valence-corrected chi connectivity index (χ2v) is 7.35. The van der Waals surface area contributed by atoms with Crippen molar-refractivity contribution >= 4 is 23.3 Å². The summed E-state index contributed by atoms with van der Waals surface area (Å²) in [5.41, 5.74) is 2.65. The van der Waals surface area contributed by atoms with Gasteiger partial charge in [-0.25, -0.2) is 4.79 Å². The molecule has 1 heterocycles. The van der Waals surface area contributed by atoms with Crippen LogP contribution in [-0.4, -0.2) is 43.6 Å². The number of nitrogens with zero attached hydrogens (tertiary/aromatic N) is 3. The molecule has 3 amide bonds. The topological polar surface area (TPSA) is 53.1 Å². The van der Waals surface area contributed by atoms with Gasteiger partial charge in [0, 0.05) is 24.5 Å². The molecule has 0 unspecified atom stereocenters. The van der Waals surface area contributed by atoms with E-state index in [9.17, 15) is 9.59 Å². The Morgan fingerprint density at radius 1 is 0.903 bits per heavy atom. The highest BCUT2D eigenvalue weighted by molar-refractivity contribution is 6.00. The van der Waals surface area contributed by atoms with Crippen molar-refractivity contribution in [1.29, 1.82) is 0 Å². The van der Waals surface area contributed by atoms with Gasteiger partial charge in [-0.1, -0.05) is 48.5 Å². The molecule has 4 rings (SSSR count). The highest BCUT2D eigenvalue weighted by Gasteiger charge is 2.32. The fourth-order valence-electron chi connectivity index (χ4n) is 3.68. The van der Waals surface area contributed by atoms with Gasteiger partial charge in [-0.2, -0.15) is 0 Å². The van der Waals surface area contributed by atoms with Gasteiger partial charge in [-0.05, 0) is 42.0 Å². The maximum atomic E-state index is 13.3. The molecule has 3 aromatic carbocycles. The van der Waals surface area contributed by atoms with E-state index in [1.165, 1.54) is 0 Å². The largest absolute Gasteiger partial charge is 0.497 e. The van der Waals surface area contributed by atoms with Gasteiger partial charge in [0.2, 0.25) is 5.91 Å². The van der Waals surface area contributed by atoms with E-state index in [1.807, 2.05) is 84.9 Å². The zero-order valence-corrected chi connectivity index (χ0v) is 17.5. The maximum absolute atomic E-state index is 13.3. The number of para-hydroxylation sites is 1. The van der Waals surface area contributed by atoms with Gasteiger partial charge in [0.25, 0.3) is 0 Å². The number of hydrogen-bond acceptors (Lipinski definition) is 3. The Morgan fingerprint density at radius 3 is 2.19 bits per heavy atom. The van der Waals surface area contributed by atoms with Gasteiger partial charge >= 0.3 is 6.03 Å². The van der Waals surface area contributed by atoms with Crippen LogP contribution in [0, 0.1) is 0 Å². The number of hydrogen-bond donors (Lipinski definition) is 0. The quantitative estimate of drug-likeness (QED) is 0.582. The third-order valence-electron chi connectivity index (χ3n) is 5.36. The number of carbonyl (C=O) groups excluding carboxylic acids is 2. The third kappa shape index (κ3) is 4.69. The van der Waals surface area contributed by atoms with Gasteiger partial charge < -0.3 is 14.5 Å². The molecule has 158 valence electrons. The van der Waals surface area contributed by atoms with E-state index in [4.69, 9.17) is 4.74 Å². The molecule has 0 spiro atoms. The smallest absolute Gasteiger partial charge is 0.325 e. The second-order valence-electron chi connectivity index (χ2n) is 7.35. The average molecular weight is 415 g/mol. The van der Waals surface area contributed by atoms with Crippen molar-refractivity contribution < 1.29 is 14.3 Å². The lowest BCUT2D eigenvalue weighted by atomic mass is 10.2. The van der Waals surface area contributed by atoms with Crippen LogP contribution in [-0.2, 0) is 11.3 Å². The van der Waals surface area contributed by atoms with Gasteiger partial charge in [0.15, 0.2) is 0 Å². The van der Waals surface area contributed by atoms with Crippen molar-refractivity contribution in [3.05, 3.63) is 90.5 Å². The molecule has 0 atom stereocenters. The predicted octanol–water partition coefficient (Wildman–Crippen LogP) is 4.17. The number of rotatable bonds is 7. The van der Waals surface area contributed by atoms with Crippen LogP contribution >= 0.6 is 0 Å². The van der Waals surface area contributed by atoms with Crippen LogP contribution in [0.15, 0.2) is 84.9 Å². The number of urea groups is 1. The van der Waals surface area contributed by atoms with E-state index in [0.717, 1.165) is 22.7 Å². The van der Waals surface area contributed by atoms with Crippen molar-refractivity contribution in [2.75, 3.05) is 36.5 Å². The number of anilines is 2. The molecule has 31 heavy (non-hydrogen) atoms. The van der Waals surface area contributed by atoms with Crippen molar-refractivity contribution in [3.63, 3.8) is 0 Å². The minimum atomic E-state index is -0.161. The van der Waals surface area contributed by atoms with Gasteiger partial charge in [-0.15, -0.1) is 0 Å². The van der Waals surface area contributed by atoms with Crippen molar-refractivity contribution in [2.45, 2.75) is 6.54 Å². The molecule has 6 heteroatoms. The molecule has 1 fully saturated rings. The summed E-state index contributed by atoms with van der Waals surface area (Å²) in [6.07, 6.45) is 0. The Labute approximate surface area is 182 Å². The molecule has 1 aliphatic rings. The molecule has 0 bridgehead atoms. The molecular weight excluding hydrogens is 390 g/mol. The second kappa shape index (κ2) is 9.34. The lowest BCUT2D eigenvalue weighted by Gasteiger charge is -2.26. The van der Waals surface area contributed by atoms with Crippen LogP contribution in [0.2, 0.25) is 0 Å². The van der Waals surface area contributed by atoms with E-state index >= 15 is 0 Å². The monoisotopic (exact) mass is 415 g/mol. The molecule has 0 N–H and O–H groups in total. The number of methoxy groups -OCH3 is 1. The molecule has 1 saturated heterocycles. The summed E-state index contributed by atoms with van der Waals surface area (Å²) in [6, 6.07) is 26.6. The maximum Gasteiger partial charge on any atom is 0.325 e. The zero-order chi connectivity index (χ0) is 21.6. The Morgan fingerprint density at radius 2 is 1.55 bits per heavy atom. The Bertz CT molecular complexity index is 1020. The lowest BCUT2D eigenvalue weighted by molar-refractivity contribution is -0.119. The van der Waals surface area contributed by atoms with Crippen LogP contribution in [0.4, 0.5) is 16.2 Å². The molecule has 3 aromatic rings. The summed E-state index contributed by atoms with van der Waals surface area (Å²) in [7, 11) is 1.61. The zero-order valence-electron chi connectivity index (χ0n) is 17.5. The third-order valence-corrected chi connectivity index (χ3v) is 5.36. The normalized spacial score (nSPS) is 13.4. The standard InChI is InChI=1S/C25H25N3O3/c1-31-23-14-12-22(13-15-23)27-17-16-26(25(27)30)19-24(29)28(21-10-6-3-7-11-21)18-20-8-4-2-5-9-20/h2-15H,16-19H2,1H3. The van der Waals surface area contributed by atoms with Crippen molar-refractivity contribution in [1.82, 2.24) is 4.90 Å². The van der Waals surface area contributed by atoms with E-state index in [0.29, 0.717) is 19.6 Å². The van der Waals surface area contributed by atoms with Crippen LogP contribution < -0.4 is 14.5 Å². The molecule has 0 aromatic heterocycles. The molecule has 0 radical (unpaired) electrons. The van der Waals surface area contributed by atoms with E-state index in [2.05, 4.69) is 0 Å². The molecular formula is C25H25N3O3. The van der Waals surface area contributed by atoms with Gasteiger partial charge in [0.05, 0.1) is 13.7 Å². The van der Waals surface area contributed by atoms with Gasteiger partial charge in [-0.3, -0.25) is 9.69 Å². The van der Waals surface area contributed by atoms with E-state index in [-0.39, 0.29) is 18.5 Å². The fourth-order valence-corrected chi connectivity index (χ4v) is 3.68. The van der Waals surface area contributed by atoms with Crippen LogP contribution in [0.3, 0.4) is 0 Å². The van der Waals surface area contributed by atoms with E-state index < -0.39 is 0 Å². The molecule has 1 aliphatic heterocycles. The first-order valence-corrected chi connectivity index (χ1v) is 10.3. The highest BCUT2D eigenvalue weighted by atomic mass is 16.5. The average Bonchev–Trinajstić information content (AvgIpc) is 3.18. The number of ether oxygens (including phenoxy) is 1. The molecule has 6 nitrogen and oxygen atoms in total. The van der Waals surface area contributed by atoms with Crippen molar-refractivity contribution in [2.24, 2.45) is 0 Å². The number of carbonyl (C=O) groups is 2. The molecule has 0 aliphatic carbocycles. The summed E-state index contributed by atoms with van der Waals surface area (Å²) >= 11 is 0. The highest BCUT2D eigenvalue weighted by Crippen LogP contribution is 2.24. The van der Waals surface area contributed by atoms with Crippen molar-refractivity contribution in [3.8, 4) is 5.75 Å².